The van der Waals surface area contributed by atoms with Gasteiger partial charge in [-0.3, -0.25) is 9.59 Å². The zero-order chi connectivity index (χ0) is 14.5. The van der Waals surface area contributed by atoms with Crippen molar-refractivity contribution in [2.75, 3.05) is 26.7 Å². The molecule has 6 nitrogen and oxygen atoms in total. The number of nitrogens with zero attached hydrogens (tertiary/aromatic N) is 1. The monoisotopic (exact) mass is 333 g/mol. The molecule has 1 aliphatic rings. The molecule has 1 saturated heterocycles. The van der Waals surface area contributed by atoms with Gasteiger partial charge in [0.1, 0.15) is 6.04 Å². The van der Waals surface area contributed by atoms with Crippen LogP contribution in [0.4, 0.5) is 0 Å². The van der Waals surface area contributed by atoms with Crippen LogP contribution in [-0.2, 0) is 14.3 Å². The van der Waals surface area contributed by atoms with Gasteiger partial charge in [0.25, 0.3) is 0 Å². The molecule has 0 radical (unpaired) electrons. The van der Waals surface area contributed by atoms with Crippen LogP contribution in [0, 0.1) is 0 Å². The van der Waals surface area contributed by atoms with Gasteiger partial charge in [0.2, 0.25) is 11.8 Å². The van der Waals surface area contributed by atoms with E-state index in [4.69, 9.17) is 10.5 Å². The van der Waals surface area contributed by atoms with Crippen LogP contribution >= 0.6 is 23.7 Å². The smallest absolute Gasteiger partial charge is 0.248 e. The molecule has 118 valence electrons. The minimum atomic E-state index is -0.536. The minimum Gasteiger partial charge on any atom is -0.380 e. The van der Waals surface area contributed by atoms with E-state index >= 15 is 0 Å². The number of thiophene rings is 1. The summed E-state index contributed by atoms with van der Waals surface area (Å²) in [6, 6.07) is 3.21. The highest BCUT2D eigenvalue weighted by atomic mass is 35.5. The normalized spacial score (nSPS) is 19.6. The number of nitrogens with two attached hydrogens (primary N) is 1. The van der Waals surface area contributed by atoms with Gasteiger partial charge in [0.05, 0.1) is 12.5 Å². The molecule has 1 fully saturated rings. The van der Waals surface area contributed by atoms with Gasteiger partial charge in [-0.1, -0.05) is 6.07 Å². The first-order chi connectivity index (χ1) is 9.67. The second-order valence-electron chi connectivity index (χ2n) is 4.59. The van der Waals surface area contributed by atoms with E-state index in [0.29, 0.717) is 13.1 Å². The number of rotatable bonds is 5. The Bertz CT molecular complexity index is 465. The highest BCUT2D eigenvalue weighted by Gasteiger charge is 2.35. The third-order valence-corrected chi connectivity index (χ3v) is 4.27. The van der Waals surface area contributed by atoms with Crippen LogP contribution < -0.4 is 11.1 Å². The quantitative estimate of drug-likeness (QED) is 0.823. The van der Waals surface area contributed by atoms with Gasteiger partial charge < -0.3 is 20.7 Å². The lowest BCUT2D eigenvalue weighted by atomic mass is 10.1. The van der Waals surface area contributed by atoms with Crippen LogP contribution in [0.5, 0.6) is 0 Å². The molecule has 2 amide bonds. The number of hydrogen-bond donors (Lipinski definition) is 2. The number of halogens is 1. The van der Waals surface area contributed by atoms with Gasteiger partial charge in [-0.25, -0.2) is 0 Å². The summed E-state index contributed by atoms with van der Waals surface area (Å²) >= 11 is 1.47. The summed E-state index contributed by atoms with van der Waals surface area (Å²) in [7, 11) is 1.53. The Kier molecular flexibility index (Phi) is 7.10. The lowest BCUT2D eigenvalue weighted by Gasteiger charge is -2.35. The van der Waals surface area contributed by atoms with E-state index in [1.54, 1.807) is 4.90 Å². The van der Waals surface area contributed by atoms with Crippen molar-refractivity contribution in [2.45, 2.75) is 18.6 Å². The van der Waals surface area contributed by atoms with Crippen molar-refractivity contribution in [3.8, 4) is 0 Å². The van der Waals surface area contributed by atoms with Gasteiger partial charge >= 0.3 is 0 Å². The van der Waals surface area contributed by atoms with Gasteiger partial charge in [-0.15, -0.1) is 23.7 Å². The number of nitrogens with one attached hydrogen (secondary N) is 1. The minimum absolute atomic E-state index is 0. The molecule has 0 aliphatic carbocycles. The van der Waals surface area contributed by atoms with Crippen molar-refractivity contribution in [2.24, 2.45) is 5.73 Å². The van der Waals surface area contributed by atoms with Crippen LogP contribution in [0.25, 0.3) is 0 Å². The fourth-order valence-corrected chi connectivity index (χ4v) is 3.07. The molecule has 0 aromatic carbocycles. The van der Waals surface area contributed by atoms with E-state index in [0.717, 1.165) is 4.88 Å². The molecule has 21 heavy (non-hydrogen) atoms. The van der Waals surface area contributed by atoms with Crippen molar-refractivity contribution in [3.63, 3.8) is 0 Å². The molecular weight excluding hydrogens is 314 g/mol. The van der Waals surface area contributed by atoms with Crippen LogP contribution in [0.2, 0.25) is 0 Å². The molecule has 2 atom stereocenters. The molecule has 8 heteroatoms. The topological polar surface area (TPSA) is 84.7 Å². The van der Waals surface area contributed by atoms with E-state index in [2.05, 4.69) is 5.32 Å². The molecule has 3 N–H and O–H groups in total. The number of carbonyl (C=O) groups is 2. The Morgan fingerprint density at radius 2 is 2.43 bits per heavy atom. The van der Waals surface area contributed by atoms with Crippen LogP contribution in [0.15, 0.2) is 17.5 Å². The molecule has 0 saturated carbocycles. The standard InChI is InChI=1S/C13H19N3O3S.ClH/c1-19-9(8-14)7-11(17)16-5-4-15-13(18)12(16)10-3-2-6-20-10;/h2-3,6,9,12H,4-5,7-8,14H2,1H3,(H,15,18);1H. The summed E-state index contributed by atoms with van der Waals surface area (Å²) < 4.78 is 5.14. The van der Waals surface area contributed by atoms with E-state index in [1.807, 2.05) is 17.5 Å². The van der Waals surface area contributed by atoms with Crippen molar-refractivity contribution in [3.05, 3.63) is 22.4 Å². The fourth-order valence-electron chi connectivity index (χ4n) is 2.24. The summed E-state index contributed by atoms with van der Waals surface area (Å²) in [6.07, 6.45) is -0.112. The average molecular weight is 334 g/mol. The Labute approximate surface area is 134 Å². The predicted octanol–water partition coefficient (Wildman–Crippen LogP) is 0.533. The van der Waals surface area contributed by atoms with E-state index < -0.39 is 6.04 Å². The summed E-state index contributed by atoms with van der Waals surface area (Å²) in [6.45, 7) is 1.27. The zero-order valence-electron chi connectivity index (χ0n) is 11.8. The highest BCUT2D eigenvalue weighted by Crippen LogP contribution is 2.27. The molecule has 0 bridgehead atoms. The molecule has 1 aromatic rings. The van der Waals surface area contributed by atoms with E-state index in [-0.39, 0.29) is 43.3 Å². The van der Waals surface area contributed by atoms with Crippen molar-refractivity contribution < 1.29 is 14.3 Å². The molecule has 1 aliphatic heterocycles. The summed E-state index contributed by atoms with van der Waals surface area (Å²) in [5.41, 5.74) is 5.54. The molecule has 2 rings (SSSR count). The van der Waals surface area contributed by atoms with Gasteiger partial charge in [0, 0.05) is 31.6 Å². The number of amides is 2. The maximum Gasteiger partial charge on any atom is 0.248 e. The lowest BCUT2D eigenvalue weighted by Crippen LogP contribution is -2.52. The molecule has 2 unspecified atom stereocenters. The first-order valence-corrected chi connectivity index (χ1v) is 7.38. The van der Waals surface area contributed by atoms with Gasteiger partial charge in [0.15, 0.2) is 0 Å². The Balaban J connectivity index is 0.00000220. The fraction of sp³-hybridized carbons (Fsp3) is 0.538. The highest BCUT2D eigenvalue weighted by molar-refractivity contribution is 7.10. The van der Waals surface area contributed by atoms with Crippen LogP contribution in [-0.4, -0.2) is 49.6 Å². The van der Waals surface area contributed by atoms with Crippen molar-refractivity contribution >= 4 is 35.6 Å². The lowest BCUT2D eigenvalue weighted by molar-refractivity contribution is -0.145. The predicted molar refractivity (Wildman–Crippen MR) is 83.5 cm³/mol. The van der Waals surface area contributed by atoms with Crippen molar-refractivity contribution in [1.29, 1.82) is 0 Å². The maximum absolute atomic E-state index is 12.4. The second kappa shape index (κ2) is 8.33. The molecule has 0 spiro atoms. The van der Waals surface area contributed by atoms with E-state index in [9.17, 15) is 9.59 Å². The number of piperazine rings is 1. The molecular formula is C13H20ClN3O3S. The maximum atomic E-state index is 12.4. The SMILES string of the molecule is COC(CN)CC(=O)N1CCNC(=O)C1c1cccs1.Cl. The van der Waals surface area contributed by atoms with E-state index in [1.165, 1.54) is 18.4 Å². The average Bonchev–Trinajstić information content (AvgIpc) is 2.98. The first-order valence-electron chi connectivity index (χ1n) is 6.50. The summed E-state index contributed by atoms with van der Waals surface area (Å²) in [4.78, 5) is 27.0. The number of carbonyl (C=O) groups excluding carboxylic acids is 2. The first kappa shape index (κ1) is 17.9. The largest absolute Gasteiger partial charge is 0.380 e. The van der Waals surface area contributed by atoms with Crippen LogP contribution in [0.1, 0.15) is 17.3 Å². The number of methoxy groups -OCH3 is 1. The summed E-state index contributed by atoms with van der Waals surface area (Å²) in [5.74, 6) is -0.232. The Hall–Kier alpha value is -1.15. The van der Waals surface area contributed by atoms with Gasteiger partial charge in [-0.2, -0.15) is 0 Å². The second-order valence-corrected chi connectivity index (χ2v) is 5.57. The Morgan fingerprint density at radius 3 is 3.00 bits per heavy atom. The molecule has 2 heterocycles. The zero-order valence-corrected chi connectivity index (χ0v) is 13.4. The summed E-state index contributed by atoms with van der Waals surface area (Å²) in [5, 5.41) is 4.70. The third-order valence-electron chi connectivity index (χ3n) is 3.34. The van der Waals surface area contributed by atoms with Crippen molar-refractivity contribution in [1.82, 2.24) is 10.2 Å². The number of hydrogen-bond acceptors (Lipinski definition) is 5. The third kappa shape index (κ3) is 4.16. The Morgan fingerprint density at radius 1 is 1.67 bits per heavy atom. The molecule has 1 aromatic heterocycles. The van der Waals surface area contributed by atoms with Gasteiger partial charge in [-0.05, 0) is 11.4 Å². The number of ether oxygens (including phenoxy) is 1. The van der Waals surface area contributed by atoms with Crippen LogP contribution in [0.3, 0.4) is 0 Å².